The molecule has 0 N–H and O–H groups in total. The maximum atomic E-state index is 13.5. The van der Waals surface area contributed by atoms with Crippen LogP contribution in [0.3, 0.4) is 0 Å². The number of piperazine rings is 1. The van der Waals surface area contributed by atoms with Crippen LogP contribution >= 0.6 is 0 Å². The van der Waals surface area contributed by atoms with E-state index >= 15 is 0 Å². The number of likely N-dealkylation sites (N-methyl/N-ethyl adjacent to an activating group) is 1. The SMILES string of the molecule is CN1C[C@H]2CN(Cc3cc(F)cc(F)c3)C(=O)N2[C@@H](Cc2ccccc2)C1=O. The molecule has 2 aromatic rings. The third kappa shape index (κ3) is 3.44. The number of amides is 3. The molecular formula is C21H21F2N3O2. The van der Waals surface area contributed by atoms with Gasteiger partial charge in [0.1, 0.15) is 17.7 Å². The van der Waals surface area contributed by atoms with Gasteiger partial charge in [0, 0.05) is 39.2 Å². The second kappa shape index (κ2) is 7.22. The van der Waals surface area contributed by atoms with E-state index in [0.29, 0.717) is 25.1 Å². The molecule has 2 fully saturated rings. The van der Waals surface area contributed by atoms with Crippen molar-refractivity contribution in [2.45, 2.75) is 25.0 Å². The summed E-state index contributed by atoms with van der Waals surface area (Å²) < 4.78 is 27.0. The number of hydrogen-bond acceptors (Lipinski definition) is 2. The van der Waals surface area contributed by atoms with Crippen LogP contribution in [0.1, 0.15) is 11.1 Å². The van der Waals surface area contributed by atoms with E-state index in [1.165, 1.54) is 12.1 Å². The quantitative estimate of drug-likeness (QED) is 0.812. The highest BCUT2D eigenvalue weighted by molar-refractivity contribution is 5.90. The summed E-state index contributed by atoms with van der Waals surface area (Å²) >= 11 is 0. The first-order valence-electron chi connectivity index (χ1n) is 9.23. The molecule has 2 aliphatic heterocycles. The second-order valence-electron chi connectivity index (χ2n) is 7.43. The molecule has 28 heavy (non-hydrogen) atoms. The summed E-state index contributed by atoms with van der Waals surface area (Å²) in [5, 5.41) is 0. The fourth-order valence-corrected chi connectivity index (χ4v) is 4.13. The lowest BCUT2D eigenvalue weighted by atomic mass is 9.99. The van der Waals surface area contributed by atoms with Crippen molar-refractivity contribution in [3.05, 3.63) is 71.3 Å². The summed E-state index contributed by atoms with van der Waals surface area (Å²) in [6, 6.07) is 11.9. The minimum Gasteiger partial charge on any atom is -0.342 e. The van der Waals surface area contributed by atoms with Crippen molar-refractivity contribution >= 4 is 11.9 Å². The van der Waals surface area contributed by atoms with E-state index in [2.05, 4.69) is 0 Å². The number of fused-ring (bicyclic) bond motifs is 1. The van der Waals surface area contributed by atoms with Crippen molar-refractivity contribution in [2.24, 2.45) is 0 Å². The largest absolute Gasteiger partial charge is 0.342 e. The molecule has 4 rings (SSSR count). The summed E-state index contributed by atoms with van der Waals surface area (Å²) in [6.45, 7) is 0.972. The smallest absolute Gasteiger partial charge is 0.321 e. The van der Waals surface area contributed by atoms with Crippen LogP contribution in [-0.2, 0) is 17.8 Å². The van der Waals surface area contributed by atoms with Gasteiger partial charge in [0.25, 0.3) is 0 Å². The zero-order valence-electron chi connectivity index (χ0n) is 15.5. The van der Waals surface area contributed by atoms with Gasteiger partial charge in [0.05, 0.1) is 6.04 Å². The van der Waals surface area contributed by atoms with Gasteiger partial charge in [-0.25, -0.2) is 13.6 Å². The first kappa shape index (κ1) is 18.4. The molecule has 0 unspecified atom stereocenters. The topological polar surface area (TPSA) is 43.9 Å². The van der Waals surface area contributed by atoms with Crippen molar-refractivity contribution in [1.82, 2.24) is 14.7 Å². The minimum atomic E-state index is -0.670. The Bertz CT molecular complexity index is 886. The second-order valence-corrected chi connectivity index (χ2v) is 7.43. The molecule has 2 heterocycles. The molecule has 3 amide bonds. The van der Waals surface area contributed by atoms with Gasteiger partial charge in [-0.15, -0.1) is 0 Å². The van der Waals surface area contributed by atoms with E-state index < -0.39 is 17.7 Å². The monoisotopic (exact) mass is 385 g/mol. The lowest BCUT2D eigenvalue weighted by molar-refractivity contribution is -0.139. The van der Waals surface area contributed by atoms with Gasteiger partial charge in [-0.05, 0) is 23.3 Å². The lowest BCUT2D eigenvalue weighted by Gasteiger charge is -2.40. The first-order valence-corrected chi connectivity index (χ1v) is 9.23. The van der Waals surface area contributed by atoms with E-state index in [0.717, 1.165) is 11.6 Å². The number of halogens is 2. The molecule has 0 spiro atoms. The van der Waals surface area contributed by atoms with Gasteiger partial charge in [-0.2, -0.15) is 0 Å². The number of rotatable bonds is 4. The summed E-state index contributed by atoms with van der Waals surface area (Å²) in [5.74, 6) is -1.43. The van der Waals surface area contributed by atoms with E-state index in [9.17, 15) is 18.4 Å². The van der Waals surface area contributed by atoms with E-state index in [1.807, 2.05) is 30.3 Å². The third-order valence-corrected chi connectivity index (χ3v) is 5.37. The highest BCUT2D eigenvalue weighted by atomic mass is 19.1. The Morgan fingerprint density at radius 1 is 0.964 bits per heavy atom. The summed E-state index contributed by atoms with van der Waals surface area (Å²) in [7, 11) is 1.74. The Morgan fingerprint density at radius 3 is 2.32 bits per heavy atom. The molecule has 0 radical (unpaired) electrons. The Balaban J connectivity index is 1.57. The van der Waals surface area contributed by atoms with Crippen LogP contribution in [-0.4, -0.2) is 58.9 Å². The predicted molar refractivity (Wildman–Crippen MR) is 99.4 cm³/mol. The van der Waals surface area contributed by atoms with Crippen molar-refractivity contribution in [3.63, 3.8) is 0 Å². The van der Waals surface area contributed by atoms with E-state index in [4.69, 9.17) is 0 Å². The van der Waals surface area contributed by atoms with Crippen LogP contribution in [0.5, 0.6) is 0 Å². The number of carbonyl (C=O) groups excluding carboxylic acids is 2. The molecular weight excluding hydrogens is 364 g/mol. The van der Waals surface area contributed by atoms with E-state index in [-0.39, 0.29) is 24.5 Å². The van der Waals surface area contributed by atoms with Crippen LogP contribution < -0.4 is 0 Å². The number of nitrogens with zero attached hydrogens (tertiary/aromatic N) is 3. The fraction of sp³-hybridized carbons (Fsp3) is 0.333. The lowest BCUT2D eigenvalue weighted by Crippen LogP contribution is -2.60. The molecule has 7 heteroatoms. The number of carbonyl (C=O) groups is 2. The predicted octanol–water partition coefficient (Wildman–Crippen LogP) is 2.65. The number of benzene rings is 2. The van der Waals surface area contributed by atoms with Gasteiger partial charge in [-0.1, -0.05) is 30.3 Å². The number of hydrogen-bond donors (Lipinski definition) is 0. The standard InChI is InChI=1S/C21H21F2N3O2/c1-24-12-18-13-25(11-15-7-16(22)10-17(23)8-15)21(28)26(18)19(20(24)27)9-14-5-3-2-4-6-14/h2-8,10,18-19H,9,11-13H2,1H3/t18-,19-/m0/s1. The minimum absolute atomic E-state index is 0.0906. The van der Waals surface area contributed by atoms with E-state index in [1.54, 1.807) is 21.7 Å². The Kier molecular flexibility index (Phi) is 4.75. The summed E-state index contributed by atoms with van der Waals surface area (Å²) in [6.07, 6.45) is 0.439. The third-order valence-electron chi connectivity index (χ3n) is 5.37. The van der Waals surface area contributed by atoms with Gasteiger partial charge in [0.2, 0.25) is 5.91 Å². The number of urea groups is 1. The van der Waals surface area contributed by atoms with Gasteiger partial charge in [0.15, 0.2) is 0 Å². The summed E-state index contributed by atoms with van der Waals surface area (Å²) in [5.41, 5.74) is 1.37. The Labute approximate surface area is 162 Å². The van der Waals surface area contributed by atoms with Crippen LogP contribution in [0.25, 0.3) is 0 Å². The van der Waals surface area contributed by atoms with Crippen LogP contribution in [0, 0.1) is 11.6 Å². The molecule has 0 bridgehead atoms. The molecule has 2 saturated heterocycles. The van der Waals surface area contributed by atoms with Gasteiger partial charge >= 0.3 is 6.03 Å². The average Bonchev–Trinajstić information content (AvgIpc) is 2.94. The first-order chi connectivity index (χ1) is 13.4. The van der Waals surface area contributed by atoms with Crippen LogP contribution in [0.2, 0.25) is 0 Å². The fourth-order valence-electron chi connectivity index (χ4n) is 4.13. The van der Waals surface area contributed by atoms with Crippen molar-refractivity contribution in [2.75, 3.05) is 20.1 Å². The molecule has 2 atom stereocenters. The van der Waals surface area contributed by atoms with Crippen molar-refractivity contribution in [3.8, 4) is 0 Å². The highest BCUT2D eigenvalue weighted by Crippen LogP contribution is 2.28. The van der Waals surface area contributed by atoms with Gasteiger partial charge in [-0.3, -0.25) is 4.79 Å². The van der Waals surface area contributed by atoms with Crippen molar-refractivity contribution < 1.29 is 18.4 Å². The summed E-state index contributed by atoms with van der Waals surface area (Å²) in [4.78, 5) is 30.7. The normalized spacial score (nSPS) is 22.0. The Morgan fingerprint density at radius 2 is 1.64 bits per heavy atom. The Hall–Kier alpha value is -2.96. The van der Waals surface area contributed by atoms with Crippen molar-refractivity contribution in [1.29, 1.82) is 0 Å². The van der Waals surface area contributed by atoms with Gasteiger partial charge < -0.3 is 14.7 Å². The zero-order valence-corrected chi connectivity index (χ0v) is 15.5. The molecule has 2 aliphatic rings. The maximum absolute atomic E-state index is 13.5. The highest BCUT2D eigenvalue weighted by Gasteiger charge is 2.48. The molecule has 0 saturated carbocycles. The molecule has 2 aromatic carbocycles. The molecule has 146 valence electrons. The van der Waals surface area contributed by atoms with Crippen LogP contribution in [0.4, 0.5) is 13.6 Å². The zero-order chi connectivity index (χ0) is 19.8. The average molecular weight is 385 g/mol. The molecule has 5 nitrogen and oxygen atoms in total. The maximum Gasteiger partial charge on any atom is 0.321 e. The molecule has 0 aliphatic carbocycles. The molecule has 0 aromatic heterocycles. The van der Waals surface area contributed by atoms with Crippen LogP contribution in [0.15, 0.2) is 48.5 Å².